The first kappa shape index (κ1) is 13.4. The molecule has 0 fully saturated rings. The van der Waals surface area contributed by atoms with Crippen molar-refractivity contribution in [3.63, 3.8) is 0 Å². The number of carbonyl (C=O) groups is 1. The molecule has 4 rings (SSSR count). The molecule has 0 spiro atoms. The molecular weight excluding hydrogens is 301 g/mol. The molecular formula is C16H10FN3O3. The van der Waals surface area contributed by atoms with Crippen LogP contribution in [0.3, 0.4) is 0 Å². The van der Waals surface area contributed by atoms with Gasteiger partial charge in [-0.2, -0.15) is 0 Å². The highest BCUT2D eigenvalue weighted by molar-refractivity contribution is 6.05. The van der Waals surface area contributed by atoms with Crippen LogP contribution in [0, 0.1) is 15.9 Å². The van der Waals surface area contributed by atoms with Gasteiger partial charge in [-0.15, -0.1) is 0 Å². The summed E-state index contributed by atoms with van der Waals surface area (Å²) >= 11 is 0. The molecule has 2 aromatic carbocycles. The smallest absolute Gasteiger partial charge is 0.270 e. The normalized spacial score (nSPS) is 13.2. The minimum absolute atomic E-state index is 0.0524. The molecule has 0 bridgehead atoms. The van der Waals surface area contributed by atoms with Crippen molar-refractivity contribution in [2.75, 3.05) is 5.32 Å². The van der Waals surface area contributed by atoms with Crippen molar-refractivity contribution in [2.24, 2.45) is 0 Å². The van der Waals surface area contributed by atoms with Crippen LogP contribution in [0.1, 0.15) is 5.56 Å². The Morgan fingerprint density at radius 1 is 1.17 bits per heavy atom. The molecule has 2 N–H and O–H groups in total. The monoisotopic (exact) mass is 311 g/mol. The molecule has 0 aliphatic carbocycles. The number of nitrogens with one attached hydrogen (secondary N) is 2. The Morgan fingerprint density at radius 3 is 2.78 bits per heavy atom. The van der Waals surface area contributed by atoms with Crippen molar-refractivity contribution in [1.82, 2.24) is 4.98 Å². The van der Waals surface area contributed by atoms with Gasteiger partial charge >= 0.3 is 0 Å². The maximum atomic E-state index is 13.6. The van der Waals surface area contributed by atoms with Gasteiger partial charge in [0.15, 0.2) is 0 Å². The van der Waals surface area contributed by atoms with Gasteiger partial charge in [0.05, 0.1) is 22.7 Å². The topological polar surface area (TPSA) is 88.0 Å². The number of amides is 1. The lowest BCUT2D eigenvalue weighted by Crippen LogP contribution is -2.12. The molecule has 0 radical (unpaired) electrons. The zero-order valence-electron chi connectivity index (χ0n) is 11.7. The van der Waals surface area contributed by atoms with Gasteiger partial charge in [0.25, 0.3) is 5.69 Å². The third-order valence-corrected chi connectivity index (χ3v) is 3.96. The van der Waals surface area contributed by atoms with E-state index in [1.54, 1.807) is 6.07 Å². The molecule has 23 heavy (non-hydrogen) atoms. The zero-order valence-corrected chi connectivity index (χ0v) is 11.7. The number of nitro groups is 1. The van der Waals surface area contributed by atoms with Crippen LogP contribution in [0.15, 0.2) is 36.4 Å². The second-order valence-corrected chi connectivity index (χ2v) is 5.38. The van der Waals surface area contributed by atoms with Gasteiger partial charge in [-0.05, 0) is 29.8 Å². The van der Waals surface area contributed by atoms with E-state index in [1.807, 2.05) is 0 Å². The molecule has 6 nitrogen and oxygen atoms in total. The number of hydrogen-bond acceptors (Lipinski definition) is 3. The standard InChI is InChI=1S/C16H10FN3O3/c17-8-1-3-14-12(5-8)16-11(7-15(21)18-14)10-6-9(20(22)23)2-4-13(10)19-16/h1-6,19H,7H2,(H,18,21). The molecule has 1 aliphatic heterocycles. The number of H-pyrrole nitrogens is 1. The molecule has 0 atom stereocenters. The third-order valence-electron chi connectivity index (χ3n) is 3.96. The van der Waals surface area contributed by atoms with E-state index in [9.17, 15) is 19.3 Å². The number of benzene rings is 2. The predicted octanol–water partition coefficient (Wildman–Crippen LogP) is 3.38. The summed E-state index contributed by atoms with van der Waals surface area (Å²) in [6.45, 7) is 0. The van der Waals surface area contributed by atoms with E-state index in [2.05, 4.69) is 10.3 Å². The van der Waals surface area contributed by atoms with Gasteiger partial charge in [-0.25, -0.2) is 4.39 Å². The number of nitro benzene ring substituents is 1. The molecule has 0 unspecified atom stereocenters. The number of fused-ring (bicyclic) bond motifs is 5. The zero-order chi connectivity index (χ0) is 16.1. The minimum Gasteiger partial charge on any atom is -0.354 e. The summed E-state index contributed by atoms with van der Waals surface area (Å²) in [5.41, 5.74) is 2.90. The Labute approximate surface area is 129 Å². The number of aromatic nitrogens is 1. The van der Waals surface area contributed by atoms with Gasteiger partial charge < -0.3 is 10.3 Å². The first-order chi connectivity index (χ1) is 11.0. The van der Waals surface area contributed by atoms with Crippen LogP contribution >= 0.6 is 0 Å². The maximum absolute atomic E-state index is 13.6. The van der Waals surface area contributed by atoms with E-state index < -0.39 is 10.7 Å². The summed E-state index contributed by atoms with van der Waals surface area (Å²) < 4.78 is 13.6. The number of rotatable bonds is 1. The van der Waals surface area contributed by atoms with Crippen molar-refractivity contribution >= 4 is 28.2 Å². The van der Waals surface area contributed by atoms with Crippen LogP contribution in [-0.2, 0) is 11.2 Å². The van der Waals surface area contributed by atoms with Crippen molar-refractivity contribution in [1.29, 1.82) is 0 Å². The Balaban J connectivity index is 2.05. The highest BCUT2D eigenvalue weighted by atomic mass is 19.1. The number of halogens is 1. The van der Waals surface area contributed by atoms with Gasteiger partial charge in [-0.1, -0.05) is 0 Å². The first-order valence-electron chi connectivity index (χ1n) is 6.92. The molecule has 114 valence electrons. The number of aromatic amines is 1. The van der Waals surface area contributed by atoms with Crippen molar-refractivity contribution in [3.05, 3.63) is 57.9 Å². The van der Waals surface area contributed by atoms with E-state index in [1.165, 1.54) is 30.3 Å². The average Bonchev–Trinajstić information content (AvgIpc) is 2.80. The van der Waals surface area contributed by atoms with Crippen molar-refractivity contribution < 1.29 is 14.1 Å². The Morgan fingerprint density at radius 2 is 2.00 bits per heavy atom. The lowest BCUT2D eigenvalue weighted by molar-refractivity contribution is -0.384. The summed E-state index contributed by atoms with van der Waals surface area (Å²) in [6.07, 6.45) is 0.0623. The van der Waals surface area contributed by atoms with Crippen molar-refractivity contribution in [2.45, 2.75) is 6.42 Å². The number of nitrogens with zero attached hydrogens (tertiary/aromatic N) is 1. The van der Waals surface area contributed by atoms with Gasteiger partial charge in [0, 0.05) is 28.6 Å². The molecule has 1 aromatic heterocycles. The van der Waals surface area contributed by atoms with E-state index in [0.717, 1.165) is 0 Å². The second-order valence-electron chi connectivity index (χ2n) is 5.38. The van der Waals surface area contributed by atoms with Crippen molar-refractivity contribution in [3.8, 4) is 11.3 Å². The van der Waals surface area contributed by atoms with Gasteiger partial charge in [0.1, 0.15) is 5.82 Å². The molecule has 1 aliphatic rings. The molecule has 7 heteroatoms. The quantitative estimate of drug-likeness (QED) is 0.533. The number of hydrogen-bond donors (Lipinski definition) is 2. The summed E-state index contributed by atoms with van der Waals surface area (Å²) in [7, 11) is 0. The van der Waals surface area contributed by atoms with Gasteiger partial charge in [0.2, 0.25) is 5.91 Å². The number of carbonyl (C=O) groups excluding carboxylic acids is 1. The molecule has 0 saturated carbocycles. The first-order valence-corrected chi connectivity index (χ1v) is 6.92. The third kappa shape index (κ3) is 2.05. The summed E-state index contributed by atoms with van der Waals surface area (Å²) in [6, 6.07) is 8.54. The molecule has 1 amide bonds. The predicted molar refractivity (Wildman–Crippen MR) is 82.7 cm³/mol. The SMILES string of the molecule is O=C1Cc2c([nH]c3ccc([N+](=O)[O-])cc23)-c2cc(F)ccc2N1. The fourth-order valence-electron chi connectivity index (χ4n) is 2.95. The van der Waals surface area contributed by atoms with Crippen LogP contribution in [0.2, 0.25) is 0 Å². The average molecular weight is 311 g/mol. The highest BCUT2D eigenvalue weighted by Gasteiger charge is 2.24. The Bertz CT molecular complexity index is 994. The van der Waals surface area contributed by atoms with E-state index in [0.29, 0.717) is 33.4 Å². The van der Waals surface area contributed by atoms with Crippen LogP contribution in [0.5, 0.6) is 0 Å². The van der Waals surface area contributed by atoms with Crippen LogP contribution in [0.25, 0.3) is 22.2 Å². The summed E-state index contributed by atoms with van der Waals surface area (Å²) in [4.78, 5) is 25.7. The van der Waals surface area contributed by atoms with E-state index in [-0.39, 0.29) is 18.0 Å². The lowest BCUT2D eigenvalue weighted by Gasteiger charge is -2.06. The second kappa shape index (κ2) is 4.64. The number of anilines is 1. The Kier molecular flexibility index (Phi) is 2.71. The van der Waals surface area contributed by atoms with Crippen LogP contribution in [0.4, 0.5) is 15.8 Å². The van der Waals surface area contributed by atoms with Crippen LogP contribution < -0.4 is 5.32 Å². The minimum atomic E-state index is -0.483. The fourth-order valence-corrected chi connectivity index (χ4v) is 2.95. The largest absolute Gasteiger partial charge is 0.354 e. The summed E-state index contributed by atoms with van der Waals surface area (Å²) in [5.74, 6) is -0.667. The maximum Gasteiger partial charge on any atom is 0.270 e. The van der Waals surface area contributed by atoms with E-state index in [4.69, 9.17) is 0 Å². The molecule has 3 aromatic rings. The van der Waals surface area contributed by atoms with Crippen LogP contribution in [-0.4, -0.2) is 15.8 Å². The van der Waals surface area contributed by atoms with Gasteiger partial charge in [-0.3, -0.25) is 14.9 Å². The molecule has 0 saturated heterocycles. The Hall–Kier alpha value is -3.22. The fraction of sp³-hybridized carbons (Fsp3) is 0.0625. The number of non-ortho nitro benzene ring substituents is 1. The lowest BCUT2D eigenvalue weighted by atomic mass is 10.0. The summed E-state index contributed by atoms with van der Waals surface area (Å²) in [5, 5.41) is 14.3. The molecule has 2 heterocycles. The van der Waals surface area contributed by atoms with E-state index >= 15 is 0 Å². The highest BCUT2D eigenvalue weighted by Crippen LogP contribution is 2.38.